The highest BCUT2D eigenvalue weighted by Gasteiger charge is 2.33. The molecule has 0 unspecified atom stereocenters. The Labute approximate surface area is 160 Å². The van der Waals surface area contributed by atoms with Gasteiger partial charge in [-0.3, -0.25) is 9.89 Å². The smallest absolute Gasteiger partial charge is 0.272 e. The highest BCUT2D eigenvalue weighted by Crippen LogP contribution is 2.33. The number of amides is 1. The molecule has 2 N–H and O–H groups in total. The molecule has 6 nitrogen and oxygen atoms in total. The SMILES string of the molecule is Cc1ccc2nc([C@H]3CCCN3C(=O)c3cc(-c4ccsc4)n[nH]3)[nH]c2c1. The third kappa shape index (κ3) is 2.84. The predicted octanol–water partition coefficient (Wildman–Crippen LogP) is 4.30. The van der Waals surface area contributed by atoms with E-state index in [0.717, 1.165) is 47.5 Å². The molecule has 4 heterocycles. The summed E-state index contributed by atoms with van der Waals surface area (Å²) in [6.45, 7) is 2.79. The van der Waals surface area contributed by atoms with E-state index in [4.69, 9.17) is 4.98 Å². The lowest BCUT2D eigenvalue weighted by molar-refractivity contribution is 0.0724. The Bertz CT molecular complexity index is 1110. The number of likely N-dealkylation sites (tertiary alicyclic amines) is 1. The summed E-state index contributed by atoms with van der Waals surface area (Å²) in [6.07, 6.45) is 1.88. The average molecular weight is 377 g/mol. The fraction of sp³-hybridized carbons (Fsp3) is 0.250. The van der Waals surface area contributed by atoms with Crippen molar-refractivity contribution in [2.24, 2.45) is 0 Å². The van der Waals surface area contributed by atoms with Crippen molar-refractivity contribution in [3.63, 3.8) is 0 Å². The van der Waals surface area contributed by atoms with Gasteiger partial charge in [-0.1, -0.05) is 6.07 Å². The molecule has 1 atom stereocenters. The largest absolute Gasteiger partial charge is 0.340 e. The first-order valence-electron chi connectivity index (χ1n) is 9.04. The van der Waals surface area contributed by atoms with E-state index >= 15 is 0 Å². The first kappa shape index (κ1) is 16.3. The Morgan fingerprint density at radius 2 is 2.22 bits per heavy atom. The van der Waals surface area contributed by atoms with Crippen LogP contribution in [-0.2, 0) is 0 Å². The number of H-pyrrole nitrogens is 2. The number of hydrogen-bond donors (Lipinski definition) is 2. The summed E-state index contributed by atoms with van der Waals surface area (Å²) in [7, 11) is 0. The molecule has 1 fully saturated rings. The van der Waals surface area contributed by atoms with Gasteiger partial charge in [-0.15, -0.1) is 0 Å². The summed E-state index contributed by atoms with van der Waals surface area (Å²) in [5.74, 6) is 0.835. The van der Waals surface area contributed by atoms with Crippen molar-refractivity contribution >= 4 is 28.3 Å². The molecule has 136 valence electrons. The van der Waals surface area contributed by atoms with Crippen LogP contribution in [0.5, 0.6) is 0 Å². The van der Waals surface area contributed by atoms with Crippen LogP contribution < -0.4 is 0 Å². The van der Waals surface area contributed by atoms with Gasteiger partial charge in [0.2, 0.25) is 0 Å². The van der Waals surface area contributed by atoms with Crippen LogP contribution in [0.25, 0.3) is 22.3 Å². The van der Waals surface area contributed by atoms with E-state index in [9.17, 15) is 4.79 Å². The summed E-state index contributed by atoms with van der Waals surface area (Å²) in [5, 5.41) is 11.2. The molecule has 0 bridgehead atoms. The van der Waals surface area contributed by atoms with Crippen molar-refractivity contribution in [1.29, 1.82) is 0 Å². The second kappa shape index (κ2) is 6.35. The van der Waals surface area contributed by atoms with E-state index in [-0.39, 0.29) is 11.9 Å². The molecule has 1 aliphatic heterocycles. The number of carbonyl (C=O) groups is 1. The highest BCUT2D eigenvalue weighted by molar-refractivity contribution is 7.08. The number of aromatic amines is 2. The quantitative estimate of drug-likeness (QED) is 0.559. The first-order chi connectivity index (χ1) is 13.2. The van der Waals surface area contributed by atoms with E-state index in [0.29, 0.717) is 5.69 Å². The molecule has 4 aromatic rings. The Balaban J connectivity index is 1.44. The number of hydrogen-bond acceptors (Lipinski definition) is 4. The molecule has 3 aromatic heterocycles. The minimum atomic E-state index is -0.0295. The lowest BCUT2D eigenvalue weighted by Crippen LogP contribution is -2.31. The zero-order chi connectivity index (χ0) is 18.4. The van der Waals surface area contributed by atoms with Gasteiger partial charge in [-0.05, 0) is 55.0 Å². The van der Waals surface area contributed by atoms with E-state index in [2.05, 4.69) is 34.2 Å². The van der Waals surface area contributed by atoms with Gasteiger partial charge in [0.05, 0.1) is 22.8 Å². The number of benzene rings is 1. The lowest BCUT2D eigenvalue weighted by atomic mass is 10.2. The number of carbonyl (C=O) groups excluding carboxylic acids is 1. The molecular weight excluding hydrogens is 358 g/mol. The summed E-state index contributed by atoms with van der Waals surface area (Å²) in [6, 6.07) is 9.98. The van der Waals surface area contributed by atoms with Gasteiger partial charge in [-0.25, -0.2) is 4.98 Å². The average Bonchev–Trinajstić information content (AvgIpc) is 3.46. The third-order valence-corrected chi connectivity index (χ3v) is 5.79. The zero-order valence-electron chi connectivity index (χ0n) is 14.9. The maximum atomic E-state index is 13.1. The van der Waals surface area contributed by atoms with E-state index < -0.39 is 0 Å². The number of imidazole rings is 1. The number of rotatable bonds is 3. The van der Waals surface area contributed by atoms with E-state index in [1.807, 2.05) is 33.9 Å². The number of aromatic nitrogens is 4. The van der Waals surface area contributed by atoms with Crippen LogP contribution in [0.2, 0.25) is 0 Å². The molecule has 1 aliphatic rings. The Morgan fingerprint density at radius 3 is 3.07 bits per heavy atom. The van der Waals surface area contributed by atoms with Gasteiger partial charge < -0.3 is 9.88 Å². The fourth-order valence-electron chi connectivity index (χ4n) is 3.74. The molecule has 0 aliphatic carbocycles. The molecule has 7 heteroatoms. The normalized spacial score (nSPS) is 17.1. The molecule has 1 aromatic carbocycles. The van der Waals surface area contributed by atoms with Gasteiger partial charge in [0.1, 0.15) is 11.5 Å². The van der Waals surface area contributed by atoms with Crippen molar-refractivity contribution < 1.29 is 4.79 Å². The zero-order valence-corrected chi connectivity index (χ0v) is 15.7. The summed E-state index contributed by atoms with van der Waals surface area (Å²) in [5.41, 5.74) is 5.50. The minimum Gasteiger partial charge on any atom is -0.340 e. The molecule has 5 rings (SSSR count). The van der Waals surface area contributed by atoms with Crippen molar-refractivity contribution in [2.75, 3.05) is 6.54 Å². The summed E-state index contributed by atoms with van der Waals surface area (Å²) >= 11 is 1.62. The monoisotopic (exact) mass is 377 g/mol. The van der Waals surface area contributed by atoms with E-state index in [1.54, 1.807) is 11.3 Å². The second-order valence-electron chi connectivity index (χ2n) is 6.98. The molecule has 1 amide bonds. The van der Waals surface area contributed by atoms with Crippen LogP contribution in [0.1, 0.15) is 40.8 Å². The standard InChI is InChI=1S/C20H19N5OS/c1-12-4-5-14-16(9-12)22-19(21-14)18-3-2-7-25(18)20(26)17-10-15(23-24-17)13-6-8-27-11-13/h4-6,8-11,18H,2-3,7H2,1H3,(H,21,22)(H,23,24)/t18-/m1/s1. The number of nitrogens with zero attached hydrogens (tertiary/aromatic N) is 3. The number of aryl methyl sites for hydroxylation is 1. The maximum absolute atomic E-state index is 13.1. The Hall–Kier alpha value is -2.93. The van der Waals surface area contributed by atoms with Gasteiger partial charge in [0, 0.05) is 17.5 Å². The van der Waals surface area contributed by atoms with Crippen LogP contribution in [0, 0.1) is 6.92 Å². The van der Waals surface area contributed by atoms with Crippen molar-refractivity contribution in [3.8, 4) is 11.3 Å². The molecular formula is C20H19N5OS. The topological polar surface area (TPSA) is 77.7 Å². The maximum Gasteiger partial charge on any atom is 0.272 e. The van der Waals surface area contributed by atoms with Crippen molar-refractivity contribution in [3.05, 3.63) is 58.2 Å². The molecule has 0 spiro atoms. The molecule has 27 heavy (non-hydrogen) atoms. The van der Waals surface area contributed by atoms with Gasteiger partial charge in [0.15, 0.2) is 0 Å². The lowest BCUT2D eigenvalue weighted by Gasteiger charge is -2.22. The van der Waals surface area contributed by atoms with Crippen molar-refractivity contribution in [2.45, 2.75) is 25.8 Å². The Kier molecular flexibility index (Phi) is 3.82. The summed E-state index contributed by atoms with van der Waals surface area (Å²) < 4.78 is 0. The Morgan fingerprint density at radius 1 is 1.30 bits per heavy atom. The third-order valence-electron chi connectivity index (χ3n) is 5.11. The van der Waals surface area contributed by atoms with Crippen LogP contribution in [0.4, 0.5) is 0 Å². The first-order valence-corrected chi connectivity index (χ1v) is 9.98. The van der Waals surface area contributed by atoms with Crippen molar-refractivity contribution in [1.82, 2.24) is 25.1 Å². The summed E-state index contributed by atoms with van der Waals surface area (Å²) in [4.78, 5) is 23.1. The van der Waals surface area contributed by atoms with Crippen LogP contribution >= 0.6 is 11.3 Å². The van der Waals surface area contributed by atoms with Crippen LogP contribution in [0.15, 0.2) is 41.1 Å². The van der Waals surface area contributed by atoms with Crippen LogP contribution in [0.3, 0.4) is 0 Å². The number of nitrogens with one attached hydrogen (secondary N) is 2. The van der Waals surface area contributed by atoms with Gasteiger partial charge in [0.25, 0.3) is 5.91 Å². The second-order valence-corrected chi connectivity index (χ2v) is 7.76. The molecule has 0 radical (unpaired) electrons. The number of thiophene rings is 1. The minimum absolute atomic E-state index is 0.0249. The fourth-order valence-corrected chi connectivity index (χ4v) is 4.39. The molecule has 0 saturated carbocycles. The van der Waals surface area contributed by atoms with Gasteiger partial charge >= 0.3 is 0 Å². The number of fused-ring (bicyclic) bond motifs is 1. The predicted molar refractivity (Wildman–Crippen MR) is 106 cm³/mol. The van der Waals surface area contributed by atoms with Crippen LogP contribution in [-0.4, -0.2) is 37.5 Å². The molecule has 1 saturated heterocycles. The van der Waals surface area contributed by atoms with E-state index in [1.165, 1.54) is 5.56 Å². The van der Waals surface area contributed by atoms with Gasteiger partial charge in [-0.2, -0.15) is 16.4 Å². The highest BCUT2D eigenvalue weighted by atomic mass is 32.1.